The third-order valence-electron chi connectivity index (χ3n) is 3.66. The van der Waals surface area contributed by atoms with E-state index in [0.717, 1.165) is 13.0 Å². The van der Waals surface area contributed by atoms with Crippen molar-refractivity contribution in [3.05, 3.63) is 53.7 Å². The van der Waals surface area contributed by atoms with Gasteiger partial charge in [-0.1, -0.05) is 19.8 Å². The predicted molar refractivity (Wildman–Crippen MR) is 96.7 cm³/mol. The Morgan fingerprint density at radius 3 is 2.46 bits per heavy atom. The van der Waals surface area contributed by atoms with Gasteiger partial charge in [0.05, 0.1) is 0 Å². The standard InChI is InChI=1S/C19H23N3O2/c1-3-4-5-11-20-18-13-16(10-12-21-18)19(24)22-17-8-6-15(7-9-17)14(2)23/h6-10,12-13H,3-5,11H2,1-2H3,(H,20,21)(H,22,24). The maximum absolute atomic E-state index is 12.3. The Hall–Kier alpha value is -2.69. The van der Waals surface area contributed by atoms with E-state index in [0.29, 0.717) is 22.6 Å². The van der Waals surface area contributed by atoms with Crippen molar-refractivity contribution in [1.29, 1.82) is 0 Å². The Morgan fingerprint density at radius 2 is 1.79 bits per heavy atom. The predicted octanol–water partition coefficient (Wildman–Crippen LogP) is 4.14. The van der Waals surface area contributed by atoms with Gasteiger partial charge in [-0.2, -0.15) is 0 Å². The monoisotopic (exact) mass is 325 g/mol. The Labute approximate surface area is 142 Å². The van der Waals surface area contributed by atoms with Crippen LogP contribution in [0, 0.1) is 0 Å². The van der Waals surface area contributed by atoms with Gasteiger partial charge in [0.1, 0.15) is 5.82 Å². The summed E-state index contributed by atoms with van der Waals surface area (Å²) in [5.74, 6) is 0.496. The molecule has 1 amide bonds. The lowest BCUT2D eigenvalue weighted by Crippen LogP contribution is -2.13. The second kappa shape index (κ2) is 8.82. The number of amides is 1. The van der Waals surface area contributed by atoms with Crippen molar-refractivity contribution in [2.45, 2.75) is 33.1 Å². The van der Waals surface area contributed by atoms with E-state index in [1.807, 2.05) is 0 Å². The maximum atomic E-state index is 12.3. The number of nitrogens with zero attached hydrogens (tertiary/aromatic N) is 1. The molecule has 0 aliphatic heterocycles. The van der Waals surface area contributed by atoms with Gasteiger partial charge in [-0.25, -0.2) is 4.98 Å². The van der Waals surface area contributed by atoms with E-state index in [1.165, 1.54) is 19.8 Å². The number of carbonyl (C=O) groups excluding carboxylic acids is 2. The van der Waals surface area contributed by atoms with Crippen molar-refractivity contribution in [1.82, 2.24) is 4.98 Å². The lowest BCUT2D eigenvalue weighted by atomic mass is 10.1. The van der Waals surface area contributed by atoms with Gasteiger partial charge < -0.3 is 10.6 Å². The Kier molecular flexibility index (Phi) is 6.49. The molecule has 0 aliphatic rings. The molecule has 1 heterocycles. The number of hydrogen-bond acceptors (Lipinski definition) is 4. The van der Waals surface area contributed by atoms with E-state index >= 15 is 0 Å². The minimum Gasteiger partial charge on any atom is -0.370 e. The first-order chi connectivity index (χ1) is 11.6. The van der Waals surface area contributed by atoms with Gasteiger partial charge in [0, 0.05) is 29.6 Å². The lowest BCUT2D eigenvalue weighted by molar-refractivity contribution is 0.101. The smallest absolute Gasteiger partial charge is 0.255 e. The van der Waals surface area contributed by atoms with Gasteiger partial charge in [-0.05, 0) is 49.7 Å². The van der Waals surface area contributed by atoms with E-state index in [9.17, 15) is 9.59 Å². The summed E-state index contributed by atoms with van der Waals surface area (Å²) in [6.07, 6.45) is 5.04. The number of aromatic nitrogens is 1. The molecule has 2 aromatic rings. The molecule has 0 saturated heterocycles. The first-order valence-electron chi connectivity index (χ1n) is 8.22. The molecular weight excluding hydrogens is 302 g/mol. The van der Waals surface area contributed by atoms with E-state index < -0.39 is 0 Å². The number of rotatable bonds is 8. The van der Waals surface area contributed by atoms with Gasteiger partial charge in [0.25, 0.3) is 5.91 Å². The highest BCUT2D eigenvalue weighted by Crippen LogP contribution is 2.13. The molecule has 126 valence electrons. The summed E-state index contributed by atoms with van der Waals surface area (Å²) in [5, 5.41) is 6.05. The largest absolute Gasteiger partial charge is 0.370 e. The normalized spacial score (nSPS) is 10.2. The molecular formula is C19H23N3O2. The molecule has 0 atom stereocenters. The van der Waals surface area contributed by atoms with Gasteiger partial charge in [-0.15, -0.1) is 0 Å². The van der Waals surface area contributed by atoms with E-state index in [1.54, 1.807) is 42.6 Å². The van der Waals surface area contributed by atoms with Crippen LogP contribution in [0.4, 0.5) is 11.5 Å². The van der Waals surface area contributed by atoms with Gasteiger partial charge >= 0.3 is 0 Å². The number of anilines is 2. The Bertz CT molecular complexity index is 696. The molecule has 0 bridgehead atoms. The van der Waals surface area contributed by atoms with Crippen LogP contribution >= 0.6 is 0 Å². The summed E-state index contributed by atoms with van der Waals surface area (Å²) in [4.78, 5) is 27.8. The zero-order valence-electron chi connectivity index (χ0n) is 14.1. The maximum Gasteiger partial charge on any atom is 0.255 e. The SMILES string of the molecule is CCCCCNc1cc(C(=O)Nc2ccc(C(C)=O)cc2)ccn1. The fourth-order valence-corrected chi connectivity index (χ4v) is 2.25. The number of pyridine rings is 1. The summed E-state index contributed by atoms with van der Waals surface area (Å²) in [6, 6.07) is 10.3. The van der Waals surface area contributed by atoms with E-state index in [4.69, 9.17) is 0 Å². The summed E-state index contributed by atoms with van der Waals surface area (Å²) in [6.45, 7) is 4.52. The minimum absolute atomic E-state index is 0.000740. The van der Waals surface area contributed by atoms with Crippen molar-refractivity contribution in [3.8, 4) is 0 Å². The summed E-state index contributed by atoms with van der Waals surface area (Å²) < 4.78 is 0. The van der Waals surface area contributed by atoms with Crippen molar-refractivity contribution in [3.63, 3.8) is 0 Å². The topological polar surface area (TPSA) is 71.1 Å². The van der Waals surface area contributed by atoms with Gasteiger partial charge in [-0.3, -0.25) is 9.59 Å². The fraction of sp³-hybridized carbons (Fsp3) is 0.316. The van der Waals surface area contributed by atoms with Crippen LogP contribution < -0.4 is 10.6 Å². The van der Waals surface area contributed by atoms with Crippen LogP contribution in [-0.4, -0.2) is 23.2 Å². The van der Waals surface area contributed by atoms with Gasteiger partial charge in [0.15, 0.2) is 5.78 Å². The average Bonchev–Trinajstić information content (AvgIpc) is 2.59. The molecule has 1 aromatic heterocycles. The highest BCUT2D eigenvalue weighted by molar-refractivity contribution is 6.05. The molecule has 5 nitrogen and oxygen atoms in total. The molecule has 0 radical (unpaired) electrons. The second-order valence-electron chi connectivity index (χ2n) is 5.65. The number of unbranched alkanes of at least 4 members (excludes halogenated alkanes) is 2. The third kappa shape index (κ3) is 5.19. The molecule has 24 heavy (non-hydrogen) atoms. The zero-order chi connectivity index (χ0) is 17.4. The Balaban J connectivity index is 1.97. The average molecular weight is 325 g/mol. The van der Waals surface area contributed by atoms with Crippen LogP contribution in [0.15, 0.2) is 42.6 Å². The highest BCUT2D eigenvalue weighted by Gasteiger charge is 2.08. The second-order valence-corrected chi connectivity index (χ2v) is 5.65. The fourth-order valence-electron chi connectivity index (χ4n) is 2.25. The van der Waals surface area contributed by atoms with Gasteiger partial charge in [0.2, 0.25) is 0 Å². The quantitative estimate of drug-likeness (QED) is 0.565. The minimum atomic E-state index is -0.204. The van der Waals surface area contributed by atoms with Crippen LogP contribution in [0.25, 0.3) is 0 Å². The number of ketones is 1. The molecule has 0 unspecified atom stereocenters. The number of benzene rings is 1. The highest BCUT2D eigenvalue weighted by atomic mass is 16.1. The first-order valence-corrected chi connectivity index (χ1v) is 8.22. The molecule has 5 heteroatoms. The van der Waals surface area contributed by atoms with Crippen molar-refractivity contribution in [2.24, 2.45) is 0 Å². The number of nitrogens with one attached hydrogen (secondary N) is 2. The zero-order valence-corrected chi connectivity index (χ0v) is 14.1. The van der Waals surface area contributed by atoms with Crippen LogP contribution in [0.5, 0.6) is 0 Å². The van der Waals surface area contributed by atoms with Crippen molar-refractivity contribution in [2.75, 3.05) is 17.2 Å². The summed E-state index contributed by atoms with van der Waals surface area (Å²) in [7, 11) is 0. The number of hydrogen-bond donors (Lipinski definition) is 2. The first kappa shape index (κ1) is 17.7. The van der Waals surface area contributed by atoms with Crippen molar-refractivity contribution < 1.29 is 9.59 Å². The Morgan fingerprint density at radius 1 is 1.04 bits per heavy atom. The van der Waals surface area contributed by atoms with Crippen LogP contribution in [0.2, 0.25) is 0 Å². The molecule has 0 aliphatic carbocycles. The molecule has 0 saturated carbocycles. The molecule has 2 rings (SSSR count). The van der Waals surface area contributed by atoms with E-state index in [-0.39, 0.29) is 11.7 Å². The van der Waals surface area contributed by atoms with Crippen molar-refractivity contribution >= 4 is 23.2 Å². The van der Waals surface area contributed by atoms with Crippen LogP contribution in [0.3, 0.4) is 0 Å². The molecule has 2 N–H and O–H groups in total. The molecule has 0 fully saturated rings. The third-order valence-corrected chi connectivity index (χ3v) is 3.66. The van der Waals surface area contributed by atoms with Crippen LogP contribution in [-0.2, 0) is 0 Å². The number of Topliss-reactive ketones (excluding diaryl/α,β-unsaturated/α-hetero) is 1. The summed E-state index contributed by atoms with van der Waals surface area (Å²) >= 11 is 0. The lowest BCUT2D eigenvalue weighted by Gasteiger charge is -2.08. The number of carbonyl (C=O) groups is 2. The van der Waals surface area contributed by atoms with E-state index in [2.05, 4.69) is 22.5 Å². The molecule has 1 aromatic carbocycles. The summed E-state index contributed by atoms with van der Waals surface area (Å²) in [5.41, 5.74) is 1.81. The molecule has 0 spiro atoms. The van der Waals surface area contributed by atoms with Crippen LogP contribution in [0.1, 0.15) is 53.8 Å².